The first kappa shape index (κ1) is 14.5. The number of hydrogen-bond acceptors (Lipinski definition) is 3. The number of fused-ring (bicyclic) bond motifs is 1. The van der Waals surface area contributed by atoms with Crippen LogP contribution < -0.4 is 5.32 Å². The van der Waals surface area contributed by atoms with Crippen molar-refractivity contribution in [1.29, 1.82) is 0 Å². The first-order valence-electron chi connectivity index (χ1n) is 7.75. The molecular weight excluding hydrogens is 267 g/mol. The van der Waals surface area contributed by atoms with Crippen LogP contribution in [0.3, 0.4) is 0 Å². The summed E-state index contributed by atoms with van der Waals surface area (Å²) in [5.41, 5.74) is 1.78. The Bertz CT molecular complexity index is 622. The van der Waals surface area contributed by atoms with Crippen LogP contribution in [0.5, 0.6) is 0 Å². The van der Waals surface area contributed by atoms with Crippen LogP contribution >= 0.6 is 0 Å². The normalized spacial score (nSPS) is 20.2. The van der Waals surface area contributed by atoms with Crippen molar-refractivity contribution in [3.8, 4) is 0 Å². The maximum atomic E-state index is 13.4. The van der Waals surface area contributed by atoms with E-state index in [0.29, 0.717) is 6.04 Å². The van der Waals surface area contributed by atoms with Crippen molar-refractivity contribution in [1.82, 2.24) is 19.8 Å². The van der Waals surface area contributed by atoms with Crippen LogP contribution in [0.1, 0.15) is 25.6 Å². The average molecular weight is 290 g/mol. The zero-order chi connectivity index (χ0) is 14.8. The van der Waals surface area contributed by atoms with Crippen LogP contribution in [0.15, 0.2) is 18.2 Å². The van der Waals surface area contributed by atoms with Crippen molar-refractivity contribution in [2.75, 3.05) is 20.1 Å². The molecule has 1 saturated heterocycles. The Hall–Kier alpha value is -1.46. The molecule has 114 valence electrons. The van der Waals surface area contributed by atoms with Gasteiger partial charge in [0.2, 0.25) is 0 Å². The summed E-state index contributed by atoms with van der Waals surface area (Å²) < 4.78 is 15.6. The number of hydrogen-bond donors (Lipinski definition) is 1. The molecule has 1 aliphatic rings. The highest BCUT2D eigenvalue weighted by molar-refractivity contribution is 5.76. The fourth-order valence-corrected chi connectivity index (χ4v) is 3.26. The number of benzene rings is 1. The zero-order valence-corrected chi connectivity index (χ0v) is 12.8. The molecule has 1 N–H and O–H groups in total. The molecule has 1 unspecified atom stereocenters. The van der Waals surface area contributed by atoms with E-state index in [9.17, 15) is 4.39 Å². The minimum atomic E-state index is -0.219. The fraction of sp³-hybridized carbons (Fsp3) is 0.562. The third kappa shape index (κ3) is 2.94. The van der Waals surface area contributed by atoms with Gasteiger partial charge < -0.3 is 9.88 Å². The molecule has 4 nitrogen and oxygen atoms in total. The molecule has 1 aliphatic heterocycles. The lowest BCUT2D eigenvalue weighted by molar-refractivity contribution is 0.182. The lowest BCUT2D eigenvalue weighted by Gasteiger charge is -2.32. The van der Waals surface area contributed by atoms with E-state index in [-0.39, 0.29) is 5.82 Å². The number of nitrogens with one attached hydrogen (secondary N) is 1. The second kappa shape index (κ2) is 6.12. The van der Waals surface area contributed by atoms with E-state index in [1.807, 2.05) is 13.1 Å². The quantitative estimate of drug-likeness (QED) is 0.938. The Morgan fingerprint density at radius 3 is 3.05 bits per heavy atom. The largest absolute Gasteiger partial charge is 0.327 e. The van der Waals surface area contributed by atoms with Gasteiger partial charge in [-0.1, -0.05) is 0 Å². The average Bonchev–Trinajstić information content (AvgIpc) is 2.83. The SMILES string of the molecule is CCn1c(CN2CCCC(NC)C2)nc2cc(F)ccc21. The highest BCUT2D eigenvalue weighted by atomic mass is 19.1. The van der Waals surface area contributed by atoms with Gasteiger partial charge in [0.05, 0.1) is 17.6 Å². The second-order valence-electron chi connectivity index (χ2n) is 5.77. The second-order valence-corrected chi connectivity index (χ2v) is 5.77. The summed E-state index contributed by atoms with van der Waals surface area (Å²) in [5.74, 6) is 0.817. The van der Waals surface area contributed by atoms with Crippen molar-refractivity contribution < 1.29 is 4.39 Å². The van der Waals surface area contributed by atoms with Gasteiger partial charge in [-0.05, 0) is 45.5 Å². The molecule has 3 rings (SSSR count). The van der Waals surface area contributed by atoms with Gasteiger partial charge in [-0.3, -0.25) is 4.90 Å². The smallest absolute Gasteiger partial charge is 0.125 e. The van der Waals surface area contributed by atoms with E-state index < -0.39 is 0 Å². The molecular formula is C16H23FN4. The number of piperidine rings is 1. The molecule has 0 spiro atoms. The van der Waals surface area contributed by atoms with Crippen molar-refractivity contribution >= 4 is 11.0 Å². The van der Waals surface area contributed by atoms with Crippen LogP contribution in [0.25, 0.3) is 11.0 Å². The minimum Gasteiger partial charge on any atom is -0.327 e. The molecule has 1 aromatic carbocycles. The molecule has 0 radical (unpaired) electrons. The standard InChI is InChI=1S/C16H23FN4/c1-3-21-15-7-6-12(17)9-14(15)19-16(21)11-20-8-4-5-13(10-20)18-2/h6-7,9,13,18H,3-5,8,10-11H2,1-2H3. The molecule has 1 fully saturated rings. The predicted molar refractivity (Wildman–Crippen MR) is 82.7 cm³/mol. The van der Waals surface area contributed by atoms with Crippen molar-refractivity contribution in [2.45, 2.75) is 38.9 Å². The molecule has 2 heterocycles. The molecule has 1 aromatic heterocycles. The number of aromatic nitrogens is 2. The zero-order valence-electron chi connectivity index (χ0n) is 12.8. The molecule has 0 aliphatic carbocycles. The summed E-state index contributed by atoms with van der Waals surface area (Å²) in [6.45, 7) is 5.97. The highest BCUT2D eigenvalue weighted by Crippen LogP contribution is 2.20. The van der Waals surface area contributed by atoms with E-state index >= 15 is 0 Å². The summed E-state index contributed by atoms with van der Waals surface area (Å²) in [6.07, 6.45) is 2.45. The molecule has 2 aromatic rings. The number of rotatable bonds is 4. The van der Waals surface area contributed by atoms with Crippen LogP contribution in [0, 0.1) is 5.82 Å². The monoisotopic (exact) mass is 290 g/mol. The topological polar surface area (TPSA) is 33.1 Å². The Morgan fingerprint density at radius 2 is 2.29 bits per heavy atom. The van der Waals surface area contributed by atoms with Gasteiger partial charge in [0.15, 0.2) is 0 Å². The van der Waals surface area contributed by atoms with E-state index in [0.717, 1.165) is 43.0 Å². The summed E-state index contributed by atoms with van der Waals surface area (Å²) in [5, 5.41) is 3.36. The molecule has 1 atom stereocenters. The number of aryl methyl sites for hydroxylation is 1. The van der Waals surface area contributed by atoms with E-state index in [2.05, 4.69) is 26.7 Å². The van der Waals surface area contributed by atoms with Crippen LogP contribution in [0.2, 0.25) is 0 Å². The third-order valence-corrected chi connectivity index (χ3v) is 4.38. The summed E-state index contributed by atoms with van der Waals surface area (Å²) in [7, 11) is 2.03. The van der Waals surface area contributed by atoms with E-state index in [1.54, 1.807) is 0 Å². The number of halogens is 1. The Morgan fingerprint density at radius 1 is 1.43 bits per heavy atom. The van der Waals surface area contributed by atoms with E-state index in [1.165, 1.54) is 25.0 Å². The molecule has 5 heteroatoms. The number of likely N-dealkylation sites (N-methyl/N-ethyl adjacent to an activating group) is 1. The van der Waals surface area contributed by atoms with Crippen molar-refractivity contribution in [2.24, 2.45) is 0 Å². The highest BCUT2D eigenvalue weighted by Gasteiger charge is 2.20. The van der Waals surface area contributed by atoms with Gasteiger partial charge in [0.25, 0.3) is 0 Å². The lowest BCUT2D eigenvalue weighted by atomic mass is 10.1. The van der Waals surface area contributed by atoms with Gasteiger partial charge in [0, 0.05) is 25.2 Å². The third-order valence-electron chi connectivity index (χ3n) is 4.38. The van der Waals surface area contributed by atoms with Gasteiger partial charge in [-0.2, -0.15) is 0 Å². The maximum Gasteiger partial charge on any atom is 0.125 e. The Labute approximate surface area is 125 Å². The Balaban J connectivity index is 1.86. The van der Waals surface area contributed by atoms with Gasteiger partial charge in [-0.25, -0.2) is 9.37 Å². The van der Waals surface area contributed by atoms with Gasteiger partial charge in [-0.15, -0.1) is 0 Å². The van der Waals surface area contributed by atoms with Crippen LogP contribution in [0.4, 0.5) is 4.39 Å². The summed E-state index contributed by atoms with van der Waals surface area (Å²) >= 11 is 0. The lowest BCUT2D eigenvalue weighted by Crippen LogP contribution is -2.44. The number of imidazole rings is 1. The minimum absolute atomic E-state index is 0.219. The number of likely N-dealkylation sites (tertiary alicyclic amines) is 1. The van der Waals surface area contributed by atoms with Crippen LogP contribution in [-0.4, -0.2) is 40.6 Å². The van der Waals surface area contributed by atoms with Crippen molar-refractivity contribution in [3.05, 3.63) is 29.8 Å². The first-order valence-corrected chi connectivity index (χ1v) is 7.75. The van der Waals surface area contributed by atoms with E-state index in [4.69, 9.17) is 0 Å². The fourth-order valence-electron chi connectivity index (χ4n) is 3.26. The summed E-state index contributed by atoms with van der Waals surface area (Å²) in [6, 6.07) is 5.43. The van der Waals surface area contributed by atoms with Gasteiger partial charge >= 0.3 is 0 Å². The molecule has 0 bridgehead atoms. The molecule has 0 amide bonds. The predicted octanol–water partition coefficient (Wildman–Crippen LogP) is 2.38. The van der Waals surface area contributed by atoms with Crippen LogP contribution in [-0.2, 0) is 13.1 Å². The maximum absolute atomic E-state index is 13.4. The summed E-state index contributed by atoms with van der Waals surface area (Å²) in [4.78, 5) is 7.09. The molecule has 21 heavy (non-hydrogen) atoms. The first-order chi connectivity index (χ1) is 10.2. The number of nitrogens with zero attached hydrogens (tertiary/aromatic N) is 3. The molecule has 0 saturated carbocycles. The Kier molecular flexibility index (Phi) is 4.22. The van der Waals surface area contributed by atoms with Crippen molar-refractivity contribution in [3.63, 3.8) is 0 Å². The van der Waals surface area contributed by atoms with Gasteiger partial charge in [0.1, 0.15) is 11.6 Å².